The van der Waals surface area contributed by atoms with Gasteiger partial charge in [-0.3, -0.25) is 4.79 Å². The van der Waals surface area contributed by atoms with E-state index in [1.165, 1.54) is 5.56 Å². The Kier molecular flexibility index (Phi) is 5.72. The summed E-state index contributed by atoms with van der Waals surface area (Å²) < 4.78 is 5.35. The van der Waals surface area contributed by atoms with E-state index in [0.29, 0.717) is 19.6 Å². The highest BCUT2D eigenvalue weighted by Crippen LogP contribution is 2.28. The van der Waals surface area contributed by atoms with E-state index >= 15 is 0 Å². The molecule has 1 aliphatic heterocycles. The Bertz CT molecular complexity index is 604. The second-order valence-electron chi connectivity index (χ2n) is 7.88. The van der Waals surface area contributed by atoms with E-state index in [-0.39, 0.29) is 12.3 Å². The standard InChI is InChI=1S/C19H28N2O4/c1-14(15-8-6-5-7-9-15)11-20-19(10-16(22)23)12-21(13-19)17(24)25-18(2,3)4/h5-9,14,20H,10-13H2,1-4H3,(H,22,23). The number of likely N-dealkylation sites (tertiary alicyclic amines) is 1. The first-order valence-electron chi connectivity index (χ1n) is 8.60. The molecule has 0 radical (unpaired) electrons. The maximum atomic E-state index is 12.1. The number of carboxylic acids is 1. The van der Waals surface area contributed by atoms with E-state index < -0.39 is 23.2 Å². The molecule has 1 saturated heterocycles. The Labute approximate surface area is 149 Å². The first-order chi connectivity index (χ1) is 11.6. The van der Waals surface area contributed by atoms with Gasteiger partial charge in [0.25, 0.3) is 0 Å². The molecule has 2 N–H and O–H groups in total. The molecule has 0 aliphatic carbocycles. The minimum atomic E-state index is -0.872. The molecule has 1 aromatic rings. The van der Waals surface area contributed by atoms with Crippen LogP contribution in [0.3, 0.4) is 0 Å². The van der Waals surface area contributed by atoms with E-state index in [0.717, 1.165) is 0 Å². The Morgan fingerprint density at radius 1 is 1.28 bits per heavy atom. The molecule has 6 heteroatoms. The van der Waals surface area contributed by atoms with Crippen LogP contribution in [-0.4, -0.2) is 52.8 Å². The summed E-state index contributed by atoms with van der Waals surface area (Å²) in [6.07, 6.45) is -0.417. The maximum absolute atomic E-state index is 12.1. The van der Waals surface area contributed by atoms with Crippen LogP contribution in [0.5, 0.6) is 0 Å². The zero-order valence-corrected chi connectivity index (χ0v) is 15.4. The highest BCUT2D eigenvalue weighted by atomic mass is 16.6. The zero-order valence-electron chi connectivity index (χ0n) is 15.4. The van der Waals surface area contributed by atoms with Crippen molar-refractivity contribution in [3.05, 3.63) is 35.9 Å². The van der Waals surface area contributed by atoms with Crippen LogP contribution >= 0.6 is 0 Å². The molecular formula is C19H28N2O4. The SMILES string of the molecule is CC(CNC1(CC(=O)O)CN(C(=O)OC(C)(C)C)C1)c1ccccc1. The van der Waals surface area contributed by atoms with Crippen LogP contribution in [-0.2, 0) is 9.53 Å². The summed E-state index contributed by atoms with van der Waals surface area (Å²) >= 11 is 0. The Hall–Kier alpha value is -2.08. The van der Waals surface area contributed by atoms with Crippen molar-refractivity contribution in [2.75, 3.05) is 19.6 Å². The number of carbonyl (C=O) groups excluding carboxylic acids is 1. The van der Waals surface area contributed by atoms with Gasteiger partial charge in [0.15, 0.2) is 0 Å². The number of carboxylic acid groups (broad SMARTS) is 1. The maximum Gasteiger partial charge on any atom is 0.410 e. The van der Waals surface area contributed by atoms with E-state index in [4.69, 9.17) is 4.74 Å². The summed E-state index contributed by atoms with van der Waals surface area (Å²) in [5.41, 5.74) is 0.0483. The predicted molar refractivity (Wildman–Crippen MR) is 95.7 cm³/mol. The number of benzene rings is 1. The van der Waals surface area contributed by atoms with E-state index in [1.807, 2.05) is 39.0 Å². The topological polar surface area (TPSA) is 78.9 Å². The first kappa shape index (κ1) is 19.2. The first-order valence-corrected chi connectivity index (χ1v) is 8.60. The van der Waals surface area contributed by atoms with Gasteiger partial charge in [0.05, 0.1) is 12.0 Å². The molecule has 0 bridgehead atoms. The van der Waals surface area contributed by atoms with Crippen molar-refractivity contribution in [3.63, 3.8) is 0 Å². The number of hydrogen-bond donors (Lipinski definition) is 2. The highest BCUT2D eigenvalue weighted by Gasteiger charge is 2.47. The normalized spacial score (nSPS) is 17.5. The number of nitrogens with zero attached hydrogens (tertiary/aromatic N) is 1. The van der Waals surface area contributed by atoms with Crippen LogP contribution in [0, 0.1) is 0 Å². The van der Waals surface area contributed by atoms with Crippen molar-refractivity contribution >= 4 is 12.1 Å². The second kappa shape index (κ2) is 7.44. The smallest absolute Gasteiger partial charge is 0.410 e. The third kappa shape index (κ3) is 5.46. The molecule has 0 spiro atoms. The fourth-order valence-corrected chi connectivity index (χ4v) is 2.98. The third-order valence-corrected chi connectivity index (χ3v) is 4.28. The highest BCUT2D eigenvalue weighted by molar-refractivity contribution is 5.73. The molecule has 6 nitrogen and oxygen atoms in total. The van der Waals surface area contributed by atoms with Crippen molar-refractivity contribution in [2.45, 2.75) is 51.2 Å². The van der Waals surface area contributed by atoms with Crippen molar-refractivity contribution in [2.24, 2.45) is 0 Å². The van der Waals surface area contributed by atoms with Crippen LogP contribution < -0.4 is 5.32 Å². The number of rotatable bonds is 6. The average molecular weight is 348 g/mol. The quantitative estimate of drug-likeness (QED) is 0.826. The van der Waals surface area contributed by atoms with Gasteiger partial charge in [-0.25, -0.2) is 4.79 Å². The molecule has 1 heterocycles. The molecule has 1 aromatic carbocycles. The monoisotopic (exact) mass is 348 g/mol. The van der Waals surface area contributed by atoms with Crippen molar-refractivity contribution in [1.82, 2.24) is 10.2 Å². The molecule has 1 amide bonds. The lowest BCUT2D eigenvalue weighted by Gasteiger charge is -2.50. The van der Waals surface area contributed by atoms with Crippen molar-refractivity contribution < 1.29 is 19.4 Å². The van der Waals surface area contributed by atoms with Crippen molar-refractivity contribution in [1.29, 1.82) is 0 Å². The molecule has 1 atom stereocenters. The van der Waals surface area contributed by atoms with Gasteiger partial charge >= 0.3 is 12.1 Å². The lowest BCUT2D eigenvalue weighted by Crippen LogP contribution is -2.71. The summed E-state index contributed by atoms with van der Waals surface area (Å²) in [7, 11) is 0. The summed E-state index contributed by atoms with van der Waals surface area (Å²) in [6.45, 7) is 8.88. The van der Waals surface area contributed by atoms with Crippen LogP contribution in [0.2, 0.25) is 0 Å². The Balaban J connectivity index is 1.94. The molecule has 138 valence electrons. The fraction of sp³-hybridized carbons (Fsp3) is 0.579. The largest absolute Gasteiger partial charge is 0.481 e. The summed E-state index contributed by atoms with van der Waals surface area (Å²) in [5, 5.41) is 12.6. The summed E-state index contributed by atoms with van der Waals surface area (Å²) in [5.74, 6) is -0.619. The molecule has 1 fully saturated rings. The Morgan fingerprint density at radius 3 is 2.40 bits per heavy atom. The van der Waals surface area contributed by atoms with Gasteiger partial charge in [-0.15, -0.1) is 0 Å². The van der Waals surface area contributed by atoms with Gasteiger partial charge in [-0.2, -0.15) is 0 Å². The number of ether oxygens (including phenoxy) is 1. The molecule has 0 aromatic heterocycles. The average Bonchev–Trinajstić information content (AvgIpc) is 2.47. The lowest BCUT2D eigenvalue weighted by molar-refractivity contribution is -0.141. The number of carbonyl (C=O) groups is 2. The second-order valence-corrected chi connectivity index (χ2v) is 7.88. The van der Waals surface area contributed by atoms with Crippen LogP contribution in [0.25, 0.3) is 0 Å². The van der Waals surface area contributed by atoms with Crippen LogP contribution in [0.4, 0.5) is 4.79 Å². The minimum absolute atomic E-state index is 0.0200. The van der Waals surface area contributed by atoms with Crippen LogP contribution in [0.15, 0.2) is 30.3 Å². The molecule has 0 saturated carbocycles. The molecule has 25 heavy (non-hydrogen) atoms. The molecule has 1 unspecified atom stereocenters. The van der Waals surface area contributed by atoms with E-state index in [9.17, 15) is 14.7 Å². The number of nitrogens with one attached hydrogen (secondary N) is 1. The lowest BCUT2D eigenvalue weighted by atomic mass is 9.85. The number of aliphatic carboxylic acids is 1. The van der Waals surface area contributed by atoms with Crippen molar-refractivity contribution in [3.8, 4) is 0 Å². The van der Waals surface area contributed by atoms with E-state index in [1.54, 1.807) is 4.90 Å². The van der Waals surface area contributed by atoms with E-state index in [2.05, 4.69) is 24.4 Å². The molecule has 1 aliphatic rings. The van der Waals surface area contributed by atoms with Gasteiger partial charge in [-0.1, -0.05) is 37.3 Å². The van der Waals surface area contributed by atoms with Gasteiger partial charge in [0.1, 0.15) is 5.60 Å². The molecular weight excluding hydrogens is 320 g/mol. The zero-order chi connectivity index (χ0) is 18.7. The fourth-order valence-electron chi connectivity index (χ4n) is 2.98. The summed E-state index contributed by atoms with van der Waals surface area (Å²) in [6, 6.07) is 10.1. The number of amides is 1. The predicted octanol–water partition coefficient (Wildman–Crippen LogP) is 2.84. The number of hydrogen-bond acceptors (Lipinski definition) is 4. The minimum Gasteiger partial charge on any atom is -0.481 e. The van der Waals surface area contributed by atoms with Crippen LogP contribution in [0.1, 0.15) is 45.6 Å². The van der Waals surface area contributed by atoms with Gasteiger partial charge in [-0.05, 0) is 32.3 Å². The molecule has 2 rings (SSSR count). The third-order valence-electron chi connectivity index (χ3n) is 4.28. The summed E-state index contributed by atoms with van der Waals surface area (Å²) in [4.78, 5) is 24.9. The Morgan fingerprint density at radius 2 is 1.88 bits per heavy atom. The van der Waals surface area contributed by atoms with Gasteiger partial charge in [0.2, 0.25) is 0 Å². The van der Waals surface area contributed by atoms with Gasteiger partial charge < -0.3 is 20.1 Å². The van der Waals surface area contributed by atoms with Gasteiger partial charge in [0, 0.05) is 19.6 Å².